The van der Waals surface area contributed by atoms with Crippen molar-refractivity contribution in [3.8, 4) is 0 Å². The van der Waals surface area contributed by atoms with Gasteiger partial charge in [-0.3, -0.25) is 24.1 Å². The van der Waals surface area contributed by atoms with Gasteiger partial charge in [0.2, 0.25) is 17.7 Å². The molecule has 4 amide bonds. The zero-order valence-electron chi connectivity index (χ0n) is 37.8. The number of benzene rings is 1. The summed E-state index contributed by atoms with van der Waals surface area (Å²) < 4.78 is 13.2. The molecule has 0 aliphatic heterocycles. The second-order valence-electron chi connectivity index (χ2n) is 19.2. The van der Waals surface area contributed by atoms with Gasteiger partial charge in [-0.1, -0.05) is 72.7 Å². The van der Waals surface area contributed by atoms with Crippen molar-refractivity contribution in [2.24, 2.45) is 18.4 Å². The van der Waals surface area contributed by atoms with Gasteiger partial charge in [-0.15, -0.1) is 0 Å². The Bertz CT molecular complexity index is 1860. The molecule has 14 nitrogen and oxygen atoms in total. The van der Waals surface area contributed by atoms with E-state index in [0.29, 0.717) is 0 Å². The van der Waals surface area contributed by atoms with E-state index in [9.17, 15) is 33.9 Å². The van der Waals surface area contributed by atoms with Crippen LogP contribution in [0.5, 0.6) is 0 Å². The first-order valence-electron chi connectivity index (χ1n) is 19.8. The Hall–Kier alpha value is -4.88. The minimum atomic E-state index is -1.21. The van der Waals surface area contributed by atoms with Gasteiger partial charge in [0.25, 0.3) is 0 Å². The van der Waals surface area contributed by atoms with Crippen molar-refractivity contribution < 1.29 is 43.3 Å². The summed E-state index contributed by atoms with van der Waals surface area (Å²) in [5.74, 6) is -3.72. The van der Waals surface area contributed by atoms with Gasteiger partial charge < -0.3 is 34.7 Å². The molecule has 58 heavy (non-hydrogen) atoms. The van der Waals surface area contributed by atoms with Crippen molar-refractivity contribution in [1.29, 1.82) is 0 Å². The molecular weight excluding hydrogens is 743 g/mol. The van der Waals surface area contributed by atoms with Crippen molar-refractivity contribution in [3.63, 3.8) is 0 Å². The molecule has 0 saturated carbocycles. The second kappa shape index (κ2) is 18.8. The number of aromatic nitrogens is 1. The van der Waals surface area contributed by atoms with Crippen LogP contribution in [0.25, 0.3) is 10.9 Å². The summed E-state index contributed by atoms with van der Waals surface area (Å²) in [4.78, 5) is 83.7. The van der Waals surface area contributed by atoms with Gasteiger partial charge in [0, 0.05) is 55.7 Å². The van der Waals surface area contributed by atoms with Crippen LogP contribution in [0.3, 0.4) is 0 Å². The number of likely N-dealkylation sites (N-methyl/N-ethyl adjacent to an activating group) is 2. The van der Waals surface area contributed by atoms with Gasteiger partial charge in [-0.25, -0.2) is 9.59 Å². The van der Waals surface area contributed by atoms with E-state index in [1.54, 1.807) is 61.6 Å². The third kappa shape index (κ3) is 13.1. The van der Waals surface area contributed by atoms with Crippen LogP contribution >= 0.6 is 0 Å². The number of amides is 4. The largest absolute Gasteiger partial charge is 0.481 e. The number of carboxylic acids is 1. The smallest absolute Gasteiger partial charge is 0.410 e. The first-order valence-corrected chi connectivity index (χ1v) is 19.8. The van der Waals surface area contributed by atoms with Crippen molar-refractivity contribution >= 4 is 46.7 Å². The van der Waals surface area contributed by atoms with Crippen LogP contribution in [0, 0.1) is 11.3 Å². The molecule has 1 aromatic carbocycles. The molecule has 1 heterocycles. The fourth-order valence-electron chi connectivity index (χ4n) is 6.89. The number of carbonyl (C=O) groups excluding carboxylic acids is 5. The first kappa shape index (κ1) is 49.3. The first-order chi connectivity index (χ1) is 26.3. The van der Waals surface area contributed by atoms with Crippen LogP contribution in [-0.2, 0) is 45.9 Å². The van der Waals surface area contributed by atoms with Crippen molar-refractivity contribution in [3.05, 3.63) is 47.7 Å². The number of rotatable bonds is 15. The minimum absolute atomic E-state index is 0.177. The van der Waals surface area contributed by atoms with Crippen molar-refractivity contribution in [2.45, 2.75) is 151 Å². The van der Waals surface area contributed by atoms with Gasteiger partial charge in [0.05, 0.1) is 6.04 Å². The monoisotopic (exact) mass is 812 g/mol. The molecule has 0 bridgehead atoms. The normalized spacial score (nSPS) is 14.9. The maximum absolute atomic E-state index is 14.8. The summed E-state index contributed by atoms with van der Waals surface area (Å²) in [6.07, 6.45) is 2.32. The number of esters is 1. The molecule has 0 saturated heterocycles. The van der Waals surface area contributed by atoms with Crippen molar-refractivity contribution in [2.75, 3.05) is 14.1 Å². The molecule has 0 aliphatic carbocycles. The summed E-state index contributed by atoms with van der Waals surface area (Å²) in [6.45, 7) is 24.8. The Labute approximate surface area is 345 Å². The number of hydrogen-bond acceptors (Lipinski definition) is 8. The summed E-state index contributed by atoms with van der Waals surface area (Å²) in [7, 11) is 5.04. The summed E-state index contributed by atoms with van der Waals surface area (Å²) in [6, 6.07) is 3.72. The Kier molecular flexibility index (Phi) is 16.0. The lowest BCUT2D eigenvalue weighted by atomic mass is 9.76. The Morgan fingerprint density at radius 3 is 1.90 bits per heavy atom. The third-order valence-electron chi connectivity index (χ3n) is 9.89. The number of carboxylic acid groups (broad SMARTS) is 1. The molecule has 324 valence electrons. The highest BCUT2D eigenvalue weighted by Gasteiger charge is 2.47. The molecule has 0 unspecified atom stereocenters. The zero-order valence-corrected chi connectivity index (χ0v) is 37.8. The van der Waals surface area contributed by atoms with E-state index in [1.165, 1.54) is 16.8 Å². The quantitative estimate of drug-likeness (QED) is 0.137. The molecular formula is C44H69N5O9. The van der Waals surface area contributed by atoms with E-state index in [0.717, 1.165) is 16.5 Å². The van der Waals surface area contributed by atoms with Gasteiger partial charge in [0.1, 0.15) is 29.3 Å². The van der Waals surface area contributed by atoms with Crippen LogP contribution in [0.15, 0.2) is 42.1 Å². The lowest BCUT2D eigenvalue weighted by molar-refractivity contribution is -0.158. The number of hydrogen-bond donors (Lipinski definition) is 3. The summed E-state index contributed by atoms with van der Waals surface area (Å²) in [5.41, 5.74) is -1.55. The molecule has 1 aromatic heterocycles. The molecule has 0 radical (unpaired) electrons. The molecule has 2 aromatic rings. The topological polar surface area (TPSA) is 177 Å². The van der Waals surface area contributed by atoms with E-state index in [2.05, 4.69) is 10.6 Å². The van der Waals surface area contributed by atoms with Crippen LogP contribution < -0.4 is 10.6 Å². The average molecular weight is 812 g/mol. The van der Waals surface area contributed by atoms with Crippen molar-refractivity contribution in [1.82, 2.24) is 25.0 Å². The molecule has 0 fully saturated rings. The fourth-order valence-corrected chi connectivity index (χ4v) is 6.89. The molecule has 2 rings (SSSR count). The van der Waals surface area contributed by atoms with Crippen LogP contribution in [0.4, 0.5) is 4.79 Å². The summed E-state index contributed by atoms with van der Waals surface area (Å²) >= 11 is 0. The number of ether oxygens (including phenoxy) is 2. The zero-order chi connectivity index (χ0) is 44.9. The molecule has 14 heteroatoms. The maximum Gasteiger partial charge on any atom is 0.410 e. The lowest BCUT2D eigenvalue weighted by Gasteiger charge is -2.42. The molecule has 3 N–H and O–H groups in total. The lowest BCUT2D eigenvalue weighted by Crippen LogP contribution is -2.63. The maximum atomic E-state index is 14.8. The van der Waals surface area contributed by atoms with Crippen LogP contribution in [0.2, 0.25) is 0 Å². The third-order valence-corrected chi connectivity index (χ3v) is 9.89. The Morgan fingerprint density at radius 2 is 1.40 bits per heavy atom. The predicted molar refractivity (Wildman–Crippen MR) is 225 cm³/mol. The molecule has 0 aliphatic rings. The van der Waals surface area contributed by atoms with Gasteiger partial charge in [-0.05, 0) is 77.8 Å². The standard InChI is InChI=1S/C44H69N5O9/c1-26(2)32(24-27(3)36(52)45-30(22-23-33(50)51)39(55)57-42(7,8)9)48(16)38(54)34(41(4,5)6)46-37(53)35(49(17)40(56)58-43(10,11)12)44(13,14)29-25-47(15)31-21-19-18-20-28(29)31/h18-21,24-26,30,32,34-35H,22-23H2,1-17H3,(H,45,52)(H,46,53)(H,50,51)/b27-24+/t30-,32-,34-,35-/m1/s1. The minimum Gasteiger partial charge on any atom is -0.481 e. The van der Waals surface area contributed by atoms with E-state index in [-0.39, 0.29) is 24.3 Å². The number of nitrogens with zero attached hydrogens (tertiary/aromatic N) is 3. The van der Waals surface area contributed by atoms with Gasteiger partial charge in [0.15, 0.2) is 0 Å². The predicted octanol–water partition coefficient (Wildman–Crippen LogP) is 6.34. The Balaban J connectivity index is 2.57. The molecule has 0 spiro atoms. The SMILES string of the molecule is C/C(=C\[C@H](C(C)C)N(C)C(=O)[C@@H](NC(=O)[C@@H](N(C)C(=O)OC(C)(C)C)C(C)(C)c1cn(C)c2ccccc12)C(C)(C)C)C(=O)N[C@H](CCC(=O)O)C(=O)OC(C)(C)C. The number of nitrogens with one attached hydrogen (secondary N) is 2. The van der Waals surface area contributed by atoms with E-state index in [1.807, 2.05) is 90.5 Å². The van der Waals surface area contributed by atoms with E-state index >= 15 is 0 Å². The highest BCUT2D eigenvalue weighted by molar-refractivity contribution is 5.97. The highest BCUT2D eigenvalue weighted by atomic mass is 16.6. The highest BCUT2D eigenvalue weighted by Crippen LogP contribution is 2.37. The number of fused-ring (bicyclic) bond motifs is 1. The number of para-hydroxylation sites is 1. The van der Waals surface area contributed by atoms with Crippen LogP contribution in [0.1, 0.15) is 115 Å². The van der Waals surface area contributed by atoms with Gasteiger partial charge in [-0.2, -0.15) is 0 Å². The average Bonchev–Trinajstić information content (AvgIpc) is 3.41. The fraction of sp³-hybridized carbons (Fsp3) is 0.636. The number of aryl methyl sites for hydroxylation is 1. The second-order valence-corrected chi connectivity index (χ2v) is 19.2. The number of carbonyl (C=O) groups is 6. The van der Waals surface area contributed by atoms with E-state index in [4.69, 9.17) is 9.47 Å². The Morgan fingerprint density at radius 1 is 0.845 bits per heavy atom. The van der Waals surface area contributed by atoms with E-state index < -0.39 is 82.0 Å². The summed E-state index contributed by atoms with van der Waals surface area (Å²) in [5, 5.41) is 15.8. The molecule has 4 atom stereocenters. The van der Waals surface area contributed by atoms with Crippen LogP contribution in [-0.4, -0.2) is 105 Å². The number of aliphatic carboxylic acids is 1. The van der Waals surface area contributed by atoms with Gasteiger partial charge >= 0.3 is 18.0 Å².